The van der Waals surface area contributed by atoms with Gasteiger partial charge in [-0.05, 0) is 38.3 Å². The summed E-state index contributed by atoms with van der Waals surface area (Å²) in [5.74, 6) is 0.856. The first-order valence-corrected chi connectivity index (χ1v) is 7.01. The van der Waals surface area contributed by atoms with Crippen molar-refractivity contribution in [1.82, 2.24) is 10.6 Å². The van der Waals surface area contributed by atoms with Crippen molar-refractivity contribution in [2.45, 2.75) is 31.8 Å². The van der Waals surface area contributed by atoms with E-state index in [1.807, 2.05) is 0 Å². The number of carbonyl (C=O) groups is 1. The normalized spacial score (nSPS) is 24.5. The van der Waals surface area contributed by atoms with Gasteiger partial charge in [0, 0.05) is 13.0 Å². The summed E-state index contributed by atoms with van der Waals surface area (Å²) < 4.78 is 10.8. The minimum absolute atomic E-state index is 0. The Morgan fingerprint density at radius 3 is 2.74 bits per heavy atom. The Labute approximate surface area is 121 Å². The van der Waals surface area contributed by atoms with E-state index in [1.54, 1.807) is 0 Å². The van der Waals surface area contributed by atoms with E-state index in [0.29, 0.717) is 38.7 Å². The van der Waals surface area contributed by atoms with Crippen molar-refractivity contribution in [3.63, 3.8) is 0 Å². The van der Waals surface area contributed by atoms with Crippen LogP contribution in [0.1, 0.15) is 25.7 Å². The maximum absolute atomic E-state index is 11.7. The number of piperidine rings is 1. The molecule has 0 aromatic rings. The molecule has 2 aliphatic rings. The van der Waals surface area contributed by atoms with E-state index in [4.69, 9.17) is 9.47 Å². The second-order valence-corrected chi connectivity index (χ2v) is 5.10. The number of hydrogen-bond acceptors (Lipinski definition) is 4. The number of halogens is 1. The monoisotopic (exact) mass is 292 g/mol. The zero-order chi connectivity index (χ0) is 12.6. The van der Waals surface area contributed by atoms with Crippen LogP contribution in [-0.2, 0) is 14.3 Å². The fraction of sp³-hybridized carbons (Fsp3) is 0.923. The van der Waals surface area contributed by atoms with Crippen LogP contribution in [0.5, 0.6) is 0 Å². The molecule has 2 aliphatic heterocycles. The molecular formula is C13H25ClN2O3. The molecule has 2 N–H and O–H groups in total. The molecule has 2 fully saturated rings. The van der Waals surface area contributed by atoms with Gasteiger partial charge in [0.05, 0.1) is 25.9 Å². The van der Waals surface area contributed by atoms with Gasteiger partial charge in [-0.2, -0.15) is 0 Å². The van der Waals surface area contributed by atoms with Gasteiger partial charge in [-0.3, -0.25) is 4.79 Å². The number of carbonyl (C=O) groups excluding carboxylic acids is 1. The predicted octanol–water partition coefficient (Wildman–Crippen LogP) is 0.720. The standard InChI is InChI=1S/C13H24N2O3.ClH/c16-13(2-1-11-3-5-14-6-4-11)15-9-12-10-17-7-8-18-12;/h11-12,14H,1-10H2,(H,15,16);1H. The topological polar surface area (TPSA) is 59.6 Å². The lowest BCUT2D eigenvalue weighted by molar-refractivity contribution is -0.124. The molecule has 0 saturated carbocycles. The predicted molar refractivity (Wildman–Crippen MR) is 75.6 cm³/mol. The van der Waals surface area contributed by atoms with Gasteiger partial charge < -0.3 is 20.1 Å². The molecule has 0 aliphatic carbocycles. The molecule has 5 nitrogen and oxygen atoms in total. The lowest BCUT2D eigenvalue weighted by Gasteiger charge is -2.24. The molecule has 19 heavy (non-hydrogen) atoms. The fourth-order valence-electron chi connectivity index (χ4n) is 2.48. The summed E-state index contributed by atoms with van der Waals surface area (Å²) in [6.07, 6.45) is 4.08. The van der Waals surface area contributed by atoms with E-state index < -0.39 is 0 Å². The number of ether oxygens (including phenoxy) is 2. The van der Waals surface area contributed by atoms with Crippen LogP contribution in [0.4, 0.5) is 0 Å². The Morgan fingerprint density at radius 1 is 1.26 bits per heavy atom. The maximum Gasteiger partial charge on any atom is 0.220 e. The SMILES string of the molecule is Cl.O=C(CCC1CCNCC1)NCC1COCCO1. The highest BCUT2D eigenvalue weighted by Crippen LogP contribution is 2.17. The highest BCUT2D eigenvalue weighted by molar-refractivity contribution is 5.85. The summed E-state index contributed by atoms with van der Waals surface area (Å²) >= 11 is 0. The molecule has 0 spiro atoms. The Morgan fingerprint density at radius 2 is 2.05 bits per heavy atom. The van der Waals surface area contributed by atoms with Crippen molar-refractivity contribution in [2.75, 3.05) is 39.5 Å². The Hall–Kier alpha value is -0.360. The third kappa shape index (κ3) is 6.56. The average Bonchev–Trinajstić information content (AvgIpc) is 2.45. The minimum atomic E-state index is 0. The molecular weight excluding hydrogens is 268 g/mol. The van der Waals surface area contributed by atoms with Crippen molar-refractivity contribution in [2.24, 2.45) is 5.92 Å². The third-order valence-electron chi connectivity index (χ3n) is 3.65. The molecule has 112 valence electrons. The van der Waals surface area contributed by atoms with Gasteiger partial charge in [-0.15, -0.1) is 12.4 Å². The van der Waals surface area contributed by atoms with Gasteiger partial charge in [0.2, 0.25) is 5.91 Å². The highest BCUT2D eigenvalue weighted by atomic mass is 35.5. The molecule has 0 bridgehead atoms. The zero-order valence-electron chi connectivity index (χ0n) is 11.4. The summed E-state index contributed by atoms with van der Waals surface area (Å²) in [7, 11) is 0. The van der Waals surface area contributed by atoms with Crippen LogP contribution in [0.25, 0.3) is 0 Å². The fourth-order valence-corrected chi connectivity index (χ4v) is 2.48. The highest BCUT2D eigenvalue weighted by Gasteiger charge is 2.17. The Kier molecular flexibility index (Phi) is 8.37. The summed E-state index contributed by atoms with van der Waals surface area (Å²) in [6, 6.07) is 0. The van der Waals surface area contributed by atoms with Gasteiger partial charge in [-0.1, -0.05) is 0 Å². The van der Waals surface area contributed by atoms with E-state index in [-0.39, 0.29) is 24.4 Å². The van der Waals surface area contributed by atoms with Crippen LogP contribution in [0.15, 0.2) is 0 Å². The van der Waals surface area contributed by atoms with Gasteiger partial charge in [0.1, 0.15) is 0 Å². The molecule has 2 rings (SSSR count). The molecule has 2 saturated heterocycles. The zero-order valence-corrected chi connectivity index (χ0v) is 12.2. The van der Waals surface area contributed by atoms with Gasteiger partial charge in [0.25, 0.3) is 0 Å². The average molecular weight is 293 g/mol. The van der Waals surface area contributed by atoms with Crippen molar-refractivity contribution in [3.05, 3.63) is 0 Å². The van der Waals surface area contributed by atoms with E-state index in [9.17, 15) is 4.79 Å². The molecule has 0 radical (unpaired) electrons. The number of hydrogen-bond donors (Lipinski definition) is 2. The second-order valence-electron chi connectivity index (χ2n) is 5.10. The van der Waals surface area contributed by atoms with E-state index in [0.717, 1.165) is 19.5 Å². The summed E-state index contributed by atoms with van der Waals surface area (Å²) in [5.41, 5.74) is 0. The van der Waals surface area contributed by atoms with Crippen LogP contribution in [0.3, 0.4) is 0 Å². The first kappa shape index (κ1) is 16.7. The first-order valence-electron chi connectivity index (χ1n) is 7.01. The van der Waals surface area contributed by atoms with E-state index in [1.165, 1.54) is 12.8 Å². The molecule has 2 heterocycles. The van der Waals surface area contributed by atoms with Crippen molar-refractivity contribution in [3.8, 4) is 0 Å². The van der Waals surface area contributed by atoms with Gasteiger partial charge in [-0.25, -0.2) is 0 Å². The lowest BCUT2D eigenvalue weighted by atomic mass is 9.93. The molecule has 0 aromatic carbocycles. The van der Waals surface area contributed by atoms with E-state index in [2.05, 4.69) is 10.6 Å². The van der Waals surface area contributed by atoms with Crippen molar-refractivity contribution < 1.29 is 14.3 Å². The van der Waals surface area contributed by atoms with Crippen LogP contribution >= 0.6 is 12.4 Å². The largest absolute Gasteiger partial charge is 0.376 e. The van der Waals surface area contributed by atoms with E-state index >= 15 is 0 Å². The smallest absolute Gasteiger partial charge is 0.220 e. The van der Waals surface area contributed by atoms with Crippen LogP contribution < -0.4 is 10.6 Å². The molecule has 1 atom stereocenters. The van der Waals surface area contributed by atoms with Gasteiger partial charge in [0.15, 0.2) is 0 Å². The first-order chi connectivity index (χ1) is 8.84. The second kappa shape index (κ2) is 9.53. The maximum atomic E-state index is 11.7. The number of amides is 1. The molecule has 1 unspecified atom stereocenters. The van der Waals surface area contributed by atoms with Crippen LogP contribution in [0.2, 0.25) is 0 Å². The lowest BCUT2D eigenvalue weighted by Crippen LogP contribution is -2.39. The molecule has 0 aromatic heterocycles. The number of rotatable bonds is 5. The van der Waals surface area contributed by atoms with Crippen molar-refractivity contribution >= 4 is 18.3 Å². The van der Waals surface area contributed by atoms with Crippen LogP contribution in [0, 0.1) is 5.92 Å². The summed E-state index contributed by atoms with van der Waals surface area (Å²) in [6.45, 7) is 4.66. The quantitative estimate of drug-likeness (QED) is 0.784. The minimum Gasteiger partial charge on any atom is -0.376 e. The Balaban J connectivity index is 0.00000180. The summed E-state index contributed by atoms with van der Waals surface area (Å²) in [5, 5.41) is 6.27. The molecule has 6 heteroatoms. The Bertz CT molecular complexity index is 230. The molecule has 1 amide bonds. The summed E-state index contributed by atoms with van der Waals surface area (Å²) in [4.78, 5) is 11.7. The number of nitrogens with one attached hydrogen (secondary N) is 2. The van der Waals surface area contributed by atoms with Crippen molar-refractivity contribution in [1.29, 1.82) is 0 Å². The third-order valence-corrected chi connectivity index (χ3v) is 3.65. The van der Waals surface area contributed by atoms with Crippen LogP contribution in [-0.4, -0.2) is 51.5 Å². The van der Waals surface area contributed by atoms with Gasteiger partial charge >= 0.3 is 0 Å².